The molecule has 0 saturated heterocycles. The van der Waals surface area contributed by atoms with Crippen molar-refractivity contribution in [3.05, 3.63) is 171 Å². The van der Waals surface area contributed by atoms with Crippen LogP contribution in [-0.4, -0.2) is 27.0 Å². The molecule has 0 aliphatic rings. The molecule has 0 N–H and O–H groups in total. The van der Waals surface area contributed by atoms with Crippen LogP contribution < -0.4 is 0 Å². The molecule has 0 unspecified atom stereocenters. The Kier molecular flexibility index (Phi) is 15.3. The fourth-order valence-corrected chi connectivity index (χ4v) is 13.9. The first kappa shape index (κ1) is 42.0. The molecular weight excluding hydrogens is 818 g/mol. The van der Waals surface area contributed by atoms with Gasteiger partial charge in [0.15, 0.2) is 8.24 Å². The van der Waals surface area contributed by atoms with Crippen LogP contribution in [0.3, 0.4) is 0 Å². The lowest BCUT2D eigenvalue weighted by Crippen LogP contribution is -2.51. The molecule has 4 aromatic heterocycles. The quantitative estimate of drug-likeness (QED) is 0.0982. The number of nitrogens with zero attached hydrogens (tertiary/aromatic N) is 6. The summed E-state index contributed by atoms with van der Waals surface area (Å²) in [6, 6.07) is 27.5. The number of hydrogen-bond donors (Lipinski definition) is 0. The van der Waals surface area contributed by atoms with Crippen LogP contribution in [-0.2, 0) is 0 Å². The second kappa shape index (κ2) is 20.0. The zero-order valence-electron chi connectivity index (χ0n) is 31.6. The van der Waals surface area contributed by atoms with Gasteiger partial charge in [-0.15, -0.1) is 0 Å². The lowest BCUT2D eigenvalue weighted by Gasteiger charge is -2.44. The van der Waals surface area contributed by atoms with Crippen molar-refractivity contribution in [2.75, 3.05) is 0 Å². The molecule has 6 aromatic rings. The molecule has 0 aliphatic heterocycles. The average molecular weight is 859 g/mol. The van der Waals surface area contributed by atoms with Gasteiger partial charge < -0.3 is 8.80 Å². The van der Waals surface area contributed by atoms with Gasteiger partial charge >= 0.3 is 0 Å². The van der Waals surface area contributed by atoms with E-state index in [-0.39, 0.29) is 11.4 Å². The number of nitriles is 2. The summed E-state index contributed by atoms with van der Waals surface area (Å²) in [5.41, 5.74) is 6.66. The van der Waals surface area contributed by atoms with Crippen molar-refractivity contribution in [2.24, 2.45) is 0 Å². The minimum Gasteiger partial charge on any atom is -0.378 e. The maximum absolute atomic E-state index is 13.5. The van der Waals surface area contributed by atoms with Crippen molar-refractivity contribution >= 4 is 30.8 Å². The number of benzene rings is 2. The Morgan fingerprint density at radius 1 is 0.600 bits per heavy atom. The minimum absolute atomic E-state index is 0.282. The monoisotopic (exact) mass is 858 g/mol. The highest BCUT2D eigenvalue weighted by atomic mass is 127. The number of rotatable bonds is 5. The Balaban J connectivity index is 0.000000197. The number of hydrogen-bond acceptors (Lipinski definition) is 4. The molecule has 0 atom stereocenters. The van der Waals surface area contributed by atoms with Gasteiger partial charge in [0.25, 0.3) is 0 Å². The zero-order valence-corrected chi connectivity index (χ0v) is 34.8. The number of pyridine rings is 2. The lowest BCUT2D eigenvalue weighted by molar-refractivity contribution is 0.625. The van der Waals surface area contributed by atoms with Gasteiger partial charge in [0.1, 0.15) is 23.0 Å². The molecule has 6 rings (SSSR count). The van der Waals surface area contributed by atoms with Crippen LogP contribution >= 0.6 is 22.6 Å². The zero-order chi connectivity index (χ0) is 40.0. The highest BCUT2D eigenvalue weighted by Gasteiger charge is 2.44. The molecule has 2 aromatic carbocycles. The highest BCUT2D eigenvalue weighted by Crippen LogP contribution is 2.42. The predicted molar refractivity (Wildman–Crippen MR) is 226 cm³/mol. The van der Waals surface area contributed by atoms with Crippen LogP contribution in [0.4, 0.5) is 8.78 Å². The van der Waals surface area contributed by atoms with E-state index in [1.807, 2.05) is 77.2 Å². The van der Waals surface area contributed by atoms with Gasteiger partial charge in [-0.1, -0.05) is 65.5 Å². The van der Waals surface area contributed by atoms with Gasteiger partial charge in [-0.2, -0.15) is 10.5 Å². The molecule has 6 nitrogen and oxygen atoms in total. The van der Waals surface area contributed by atoms with Crippen LogP contribution in [0.25, 0.3) is 5.69 Å². The van der Waals surface area contributed by atoms with Crippen LogP contribution in [0.15, 0.2) is 122 Å². The molecule has 0 aliphatic carbocycles. The molecular formula is C45H41F2IN6Si. The average Bonchev–Trinajstić information content (AvgIpc) is 3.84. The van der Waals surface area contributed by atoms with Crippen LogP contribution in [0.2, 0.25) is 16.6 Å². The Morgan fingerprint density at radius 3 is 1.60 bits per heavy atom. The highest BCUT2D eigenvalue weighted by molar-refractivity contribution is 14.1. The van der Waals surface area contributed by atoms with Gasteiger partial charge in [0.05, 0.1) is 23.3 Å². The van der Waals surface area contributed by atoms with Gasteiger partial charge in [-0.3, -0.25) is 0 Å². The molecule has 10 heteroatoms. The summed E-state index contributed by atoms with van der Waals surface area (Å²) in [4.78, 5) is 8.39. The summed E-state index contributed by atoms with van der Waals surface area (Å²) in [5.74, 6) is 11.6. The van der Waals surface area contributed by atoms with E-state index in [4.69, 9.17) is 10.5 Å². The molecule has 0 fully saturated rings. The van der Waals surface area contributed by atoms with Gasteiger partial charge in [0.2, 0.25) is 0 Å². The molecule has 276 valence electrons. The Labute approximate surface area is 337 Å². The van der Waals surface area contributed by atoms with Crippen LogP contribution in [0, 0.1) is 61.5 Å². The number of halogens is 3. The molecule has 4 heterocycles. The largest absolute Gasteiger partial charge is 0.378 e. The smallest absolute Gasteiger partial charge is 0.168 e. The van der Waals surface area contributed by atoms with Crippen LogP contribution in [0.1, 0.15) is 75.2 Å². The van der Waals surface area contributed by atoms with Gasteiger partial charge in [-0.25, -0.2) is 18.7 Å². The third-order valence-electron chi connectivity index (χ3n) is 8.91. The Morgan fingerprint density at radius 2 is 1.11 bits per heavy atom. The molecule has 0 spiro atoms. The maximum atomic E-state index is 13.5. The summed E-state index contributed by atoms with van der Waals surface area (Å²) in [5, 5.41) is 17.3. The van der Waals surface area contributed by atoms with Crippen molar-refractivity contribution in [3.8, 4) is 41.5 Å². The summed E-state index contributed by atoms with van der Waals surface area (Å²) in [6.07, 6.45) is 11.5. The minimum atomic E-state index is -1.66. The van der Waals surface area contributed by atoms with Gasteiger partial charge in [-0.05, 0) is 130 Å². The standard InChI is InChI=1S/C20H28N2Si.C18H10FN3.C7H3FIN/c1-16(2)23(17(3)4,18(5)6)22-14-12-19(15-22)10-11-20-9-7-8-13-21-20;19-16-9-15(12-20)10-18(11-16)22-8-6-14(13-22)4-5-17-3-1-2-7-21-17;8-6-1-5(4-10)2-7(9)3-6/h7-9,12-18H,1-6H3;1-3,6-11,13H;1-3H. The van der Waals surface area contributed by atoms with Crippen molar-refractivity contribution in [2.45, 2.75) is 58.2 Å². The third-order valence-corrected chi connectivity index (χ3v) is 16.3. The van der Waals surface area contributed by atoms with Crippen molar-refractivity contribution in [3.63, 3.8) is 0 Å². The normalized spacial score (nSPS) is 10.4. The second-order valence-corrected chi connectivity index (χ2v) is 20.5. The number of aromatic nitrogens is 4. The van der Waals surface area contributed by atoms with Crippen molar-refractivity contribution in [1.29, 1.82) is 10.5 Å². The third kappa shape index (κ3) is 11.6. The van der Waals surface area contributed by atoms with E-state index in [9.17, 15) is 8.78 Å². The Hall–Kier alpha value is -5.79. The first-order chi connectivity index (χ1) is 26.3. The molecule has 0 radical (unpaired) electrons. The maximum Gasteiger partial charge on any atom is 0.168 e. The van der Waals surface area contributed by atoms with E-state index in [0.717, 1.165) is 20.4 Å². The summed E-state index contributed by atoms with van der Waals surface area (Å²) >= 11 is 1.96. The molecule has 0 bridgehead atoms. The van der Waals surface area contributed by atoms with Crippen LogP contribution in [0.5, 0.6) is 0 Å². The van der Waals surface area contributed by atoms with Gasteiger partial charge in [0, 0.05) is 51.4 Å². The van der Waals surface area contributed by atoms with E-state index in [0.29, 0.717) is 33.6 Å². The SMILES string of the molecule is CC(C)[Si](C(C)C)(C(C)C)n1ccc(C#Cc2ccccn2)c1.N#Cc1cc(F)cc(-n2ccc(C#Cc3ccccn3)c2)c1.N#Cc1cc(F)cc(I)c1. The lowest BCUT2D eigenvalue weighted by atomic mass is 10.2. The van der Waals surface area contributed by atoms with E-state index in [1.54, 1.807) is 41.5 Å². The van der Waals surface area contributed by atoms with Crippen molar-refractivity contribution in [1.82, 2.24) is 18.8 Å². The molecule has 55 heavy (non-hydrogen) atoms. The summed E-state index contributed by atoms with van der Waals surface area (Å²) in [6.45, 7) is 14.3. The predicted octanol–water partition coefficient (Wildman–Crippen LogP) is 10.9. The fraction of sp³-hybridized carbons (Fsp3) is 0.200. The summed E-state index contributed by atoms with van der Waals surface area (Å²) in [7, 11) is -1.66. The van der Waals surface area contributed by atoms with Crippen molar-refractivity contribution < 1.29 is 8.78 Å². The second-order valence-electron chi connectivity index (χ2n) is 13.5. The van der Waals surface area contributed by atoms with E-state index < -0.39 is 14.1 Å². The molecule has 0 amide bonds. The first-order valence-electron chi connectivity index (χ1n) is 17.7. The Bertz CT molecular complexity index is 2360. The first-order valence-corrected chi connectivity index (χ1v) is 20.9. The van der Waals surface area contributed by atoms with E-state index in [1.165, 1.54) is 24.3 Å². The van der Waals surface area contributed by atoms with E-state index in [2.05, 4.69) is 97.9 Å². The molecule has 0 saturated carbocycles. The topological polar surface area (TPSA) is 83.2 Å². The van der Waals surface area contributed by atoms with E-state index >= 15 is 0 Å². The fourth-order valence-electron chi connectivity index (χ4n) is 6.79. The summed E-state index contributed by atoms with van der Waals surface area (Å²) < 4.78 is 30.9.